The van der Waals surface area contributed by atoms with Crippen LogP contribution in [0.3, 0.4) is 0 Å². The molecule has 0 saturated heterocycles. The van der Waals surface area contributed by atoms with E-state index < -0.39 is 11.4 Å². The number of nitrogens with zero attached hydrogens (tertiary/aromatic N) is 1. The summed E-state index contributed by atoms with van der Waals surface area (Å²) in [5.41, 5.74) is -0.264. The summed E-state index contributed by atoms with van der Waals surface area (Å²) in [6.45, 7) is 6.47. The third-order valence-electron chi connectivity index (χ3n) is 3.16. The SMILES string of the molecule is CCN(CCC(C)(C)C(=O)O)c1ccccc1F. The van der Waals surface area contributed by atoms with Gasteiger partial charge in [-0.05, 0) is 39.3 Å². The average molecular weight is 253 g/mol. The van der Waals surface area contributed by atoms with Gasteiger partial charge in [-0.15, -0.1) is 0 Å². The second kappa shape index (κ2) is 5.85. The molecule has 0 aliphatic rings. The fourth-order valence-electron chi connectivity index (χ4n) is 1.68. The van der Waals surface area contributed by atoms with Crippen LogP contribution in [0, 0.1) is 11.2 Å². The molecular weight excluding hydrogens is 233 g/mol. The molecular formula is C14H20FNO2. The van der Waals surface area contributed by atoms with Crippen LogP contribution in [0.4, 0.5) is 10.1 Å². The molecule has 18 heavy (non-hydrogen) atoms. The zero-order chi connectivity index (χ0) is 13.8. The Morgan fingerprint density at radius 2 is 2.00 bits per heavy atom. The lowest BCUT2D eigenvalue weighted by Crippen LogP contribution is -2.32. The highest BCUT2D eigenvalue weighted by Crippen LogP contribution is 2.24. The zero-order valence-corrected chi connectivity index (χ0v) is 11.1. The number of halogens is 1. The first-order valence-corrected chi connectivity index (χ1v) is 6.11. The van der Waals surface area contributed by atoms with Crippen molar-refractivity contribution in [3.8, 4) is 0 Å². The minimum Gasteiger partial charge on any atom is -0.481 e. The van der Waals surface area contributed by atoms with Crippen LogP contribution in [0.15, 0.2) is 24.3 Å². The van der Waals surface area contributed by atoms with Crippen LogP contribution in [0.5, 0.6) is 0 Å². The van der Waals surface area contributed by atoms with E-state index in [1.807, 2.05) is 11.8 Å². The predicted molar refractivity (Wildman–Crippen MR) is 70.3 cm³/mol. The highest BCUT2D eigenvalue weighted by atomic mass is 19.1. The molecule has 100 valence electrons. The number of para-hydroxylation sites is 1. The molecule has 0 aliphatic heterocycles. The molecule has 0 bridgehead atoms. The second-order valence-corrected chi connectivity index (χ2v) is 4.97. The minimum atomic E-state index is -0.827. The maximum atomic E-state index is 13.6. The number of carbonyl (C=O) groups is 1. The Hall–Kier alpha value is -1.58. The normalized spacial score (nSPS) is 11.3. The number of hydrogen-bond donors (Lipinski definition) is 1. The van der Waals surface area contributed by atoms with Crippen LogP contribution in [0.25, 0.3) is 0 Å². The van der Waals surface area contributed by atoms with Crippen molar-refractivity contribution in [2.24, 2.45) is 5.41 Å². The van der Waals surface area contributed by atoms with E-state index >= 15 is 0 Å². The zero-order valence-electron chi connectivity index (χ0n) is 11.1. The molecule has 0 saturated carbocycles. The van der Waals surface area contributed by atoms with E-state index in [2.05, 4.69) is 0 Å². The van der Waals surface area contributed by atoms with Crippen LogP contribution in [0.1, 0.15) is 27.2 Å². The summed E-state index contributed by atoms with van der Waals surface area (Å²) in [4.78, 5) is 12.9. The molecule has 1 rings (SSSR count). The van der Waals surface area contributed by atoms with E-state index in [1.54, 1.807) is 32.0 Å². The summed E-state index contributed by atoms with van der Waals surface area (Å²) in [5, 5.41) is 9.06. The maximum absolute atomic E-state index is 13.6. The Kier molecular flexibility index (Phi) is 4.70. The van der Waals surface area contributed by atoms with Gasteiger partial charge in [0, 0.05) is 13.1 Å². The molecule has 1 aromatic carbocycles. The number of hydrogen-bond acceptors (Lipinski definition) is 2. The van der Waals surface area contributed by atoms with Crippen LogP contribution in [0.2, 0.25) is 0 Å². The molecule has 0 radical (unpaired) electrons. The third-order valence-corrected chi connectivity index (χ3v) is 3.16. The number of benzene rings is 1. The first-order valence-electron chi connectivity index (χ1n) is 6.11. The lowest BCUT2D eigenvalue weighted by Gasteiger charge is -2.27. The van der Waals surface area contributed by atoms with Crippen LogP contribution < -0.4 is 4.90 Å². The van der Waals surface area contributed by atoms with E-state index in [9.17, 15) is 9.18 Å². The number of aliphatic carboxylic acids is 1. The van der Waals surface area contributed by atoms with Crippen molar-refractivity contribution in [3.05, 3.63) is 30.1 Å². The van der Waals surface area contributed by atoms with E-state index in [0.29, 0.717) is 25.2 Å². The van der Waals surface area contributed by atoms with Gasteiger partial charge in [-0.2, -0.15) is 0 Å². The van der Waals surface area contributed by atoms with Crippen molar-refractivity contribution in [1.29, 1.82) is 0 Å². The molecule has 3 nitrogen and oxygen atoms in total. The monoisotopic (exact) mass is 253 g/mol. The molecule has 0 unspecified atom stereocenters. The van der Waals surface area contributed by atoms with Gasteiger partial charge in [-0.1, -0.05) is 12.1 Å². The molecule has 0 aliphatic carbocycles. The first kappa shape index (κ1) is 14.5. The summed E-state index contributed by atoms with van der Waals surface area (Å²) in [6.07, 6.45) is 0.477. The summed E-state index contributed by atoms with van der Waals surface area (Å²) in [5.74, 6) is -1.10. The fourth-order valence-corrected chi connectivity index (χ4v) is 1.68. The molecule has 0 aromatic heterocycles. The molecule has 1 aromatic rings. The lowest BCUT2D eigenvalue weighted by molar-refractivity contribution is -0.147. The number of carboxylic acid groups (broad SMARTS) is 1. The third kappa shape index (κ3) is 3.45. The molecule has 0 fully saturated rings. The van der Waals surface area contributed by atoms with Crippen molar-refractivity contribution in [2.45, 2.75) is 27.2 Å². The van der Waals surface area contributed by atoms with Gasteiger partial charge in [0.1, 0.15) is 5.82 Å². The largest absolute Gasteiger partial charge is 0.481 e. The van der Waals surface area contributed by atoms with Gasteiger partial charge >= 0.3 is 5.97 Å². The molecule has 1 N–H and O–H groups in total. The van der Waals surface area contributed by atoms with Gasteiger partial charge in [-0.3, -0.25) is 4.79 Å². The van der Waals surface area contributed by atoms with Crippen molar-refractivity contribution >= 4 is 11.7 Å². The van der Waals surface area contributed by atoms with E-state index in [0.717, 1.165) is 0 Å². The first-order chi connectivity index (χ1) is 8.38. The van der Waals surface area contributed by atoms with Gasteiger partial charge in [0.25, 0.3) is 0 Å². The lowest BCUT2D eigenvalue weighted by atomic mass is 9.89. The van der Waals surface area contributed by atoms with Crippen LogP contribution in [-0.4, -0.2) is 24.2 Å². The van der Waals surface area contributed by atoms with E-state index in [-0.39, 0.29) is 5.82 Å². The highest BCUT2D eigenvalue weighted by Gasteiger charge is 2.27. The van der Waals surface area contributed by atoms with Crippen LogP contribution >= 0.6 is 0 Å². The maximum Gasteiger partial charge on any atom is 0.309 e. The quantitative estimate of drug-likeness (QED) is 0.846. The van der Waals surface area contributed by atoms with Crippen molar-refractivity contribution in [1.82, 2.24) is 0 Å². The summed E-state index contributed by atoms with van der Waals surface area (Å²) in [6, 6.07) is 6.56. The summed E-state index contributed by atoms with van der Waals surface area (Å²) >= 11 is 0. The second-order valence-electron chi connectivity index (χ2n) is 4.97. The van der Waals surface area contributed by atoms with Gasteiger partial charge in [-0.25, -0.2) is 4.39 Å². The summed E-state index contributed by atoms with van der Waals surface area (Å²) in [7, 11) is 0. The van der Waals surface area contributed by atoms with Gasteiger partial charge in [0.15, 0.2) is 0 Å². The van der Waals surface area contributed by atoms with Crippen molar-refractivity contribution in [2.75, 3.05) is 18.0 Å². The standard InChI is InChI=1S/C14H20FNO2/c1-4-16(10-9-14(2,3)13(17)18)12-8-6-5-7-11(12)15/h5-8H,4,9-10H2,1-3H3,(H,17,18). The van der Waals surface area contributed by atoms with Gasteiger partial charge in [0.05, 0.1) is 11.1 Å². The Bertz CT molecular complexity index is 418. The molecule has 0 spiro atoms. The Labute approximate surface area is 107 Å². The number of carboxylic acids is 1. The number of anilines is 1. The Morgan fingerprint density at radius 1 is 1.39 bits per heavy atom. The van der Waals surface area contributed by atoms with Crippen molar-refractivity contribution in [3.63, 3.8) is 0 Å². The fraction of sp³-hybridized carbons (Fsp3) is 0.500. The average Bonchev–Trinajstić information content (AvgIpc) is 2.31. The Balaban J connectivity index is 2.75. The molecule has 0 heterocycles. The van der Waals surface area contributed by atoms with Gasteiger partial charge < -0.3 is 10.0 Å². The van der Waals surface area contributed by atoms with Crippen molar-refractivity contribution < 1.29 is 14.3 Å². The molecule has 0 atom stereocenters. The molecule has 4 heteroatoms. The predicted octanol–water partition coefficient (Wildman–Crippen LogP) is 3.15. The highest BCUT2D eigenvalue weighted by molar-refractivity contribution is 5.73. The molecule has 0 amide bonds. The minimum absolute atomic E-state index is 0.271. The van der Waals surface area contributed by atoms with E-state index in [1.165, 1.54) is 6.07 Å². The van der Waals surface area contributed by atoms with Gasteiger partial charge in [0.2, 0.25) is 0 Å². The topological polar surface area (TPSA) is 40.5 Å². The smallest absolute Gasteiger partial charge is 0.309 e. The van der Waals surface area contributed by atoms with Crippen LogP contribution in [-0.2, 0) is 4.79 Å². The summed E-state index contributed by atoms with van der Waals surface area (Å²) < 4.78 is 13.6. The van der Waals surface area contributed by atoms with E-state index in [4.69, 9.17) is 5.11 Å². The number of rotatable bonds is 6. The Morgan fingerprint density at radius 3 is 2.50 bits per heavy atom.